The Kier molecular flexibility index (Phi) is 7.93. The predicted molar refractivity (Wildman–Crippen MR) is 128 cm³/mol. The van der Waals surface area contributed by atoms with Crippen LogP contribution in [0.1, 0.15) is 24.2 Å². The fourth-order valence-electron chi connectivity index (χ4n) is 3.93. The normalized spacial score (nSPS) is 14.5. The average Bonchev–Trinajstić information content (AvgIpc) is 2.86. The second-order valence-electron chi connectivity index (χ2n) is 8.35. The number of carbonyl (C=O) groups excluding carboxylic acids is 2. The van der Waals surface area contributed by atoms with E-state index in [9.17, 15) is 19.7 Å². The van der Waals surface area contributed by atoms with Crippen molar-refractivity contribution in [2.45, 2.75) is 19.9 Å². The number of amides is 2. The van der Waals surface area contributed by atoms with Gasteiger partial charge < -0.3 is 24.6 Å². The van der Waals surface area contributed by atoms with Crippen molar-refractivity contribution in [3.05, 3.63) is 58.1 Å². The maximum absolute atomic E-state index is 13.3. The molecule has 182 valence electrons. The third-order valence-electron chi connectivity index (χ3n) is 5.84. The summed E-state index contributed by atoms with van der Waals surface area (Å²) in [5.41, 5.74) is 0.916. The summed E-state index contributed by atoms with van der Waals surface area (Å²) in [4.78, 5) is 40.8. The zero-order chi connectivity index (χ0) is 24.8. The van der Waals surface area contributed by atoms with Gasteiger partial charge in [0.15, 0.2) is 0 Å². The molecular weight excluding hydrogens is 440 g/mol. The number of para-hydroxylation sites is 2. The van der Waals surface area contributed by atoms with Crippen LogP contribution in [0.25, 0.3) is 0 Å². The van der Waals surface area contributed by atoms with Crippen LogP contribution in [0.5, 0.6) is 11.5 Å². The number of methoxy groups -OCH3 is 2. The van der Waals surface area contributed by atoms with E-state index in [0.29, 0.717) is 48.9 Å². The highest BCUT2D eigenvalue weighted by atomic mass is 16.6. The Bertz CT molecular complexity index is 1030. The van der Waals surface area contributed by atoms with Gasteiger partial charge in [0.25, 0.3) is 11.6 Å². The molecular formula is C24H30N4O6. The first-order chi connectivity index (χ1) is 16.2. The molecule has 1 fully saturated rings. The van der Waals surface area contributed by atoms with Crippen LogP contribution in [0.3, 0.4) is 0 Å². The van der Waals surface area contributed by atoms with Crippen LogP contribution in [-0.2, 0) is 4.79 Å². The van der Waals surface area contributed by atoms with Gasteiger partial charge in [0.2, 0.25) is 5.91 Å². The molecule has 2 amide bonds. The standard InChI is InChI=1S/C24H30N4O6/c1-16(2)22(25-23(29)17-13-18(33-3)15-19(14-17)34-4)24(30)27-11-9-26(10-12-27)20-7-5-6-8-21(20)28(31)32/h5-8,13-16,22H,9-12H2,1-4H3,(H,25,29). The molecule has 2 aromatic carbocycles. The SMILES string of the molecule is COc1cc(OC)cc(C(=O)NC(C(=O)N2CCN(c3ccccc3[N+](=O)[O-])CC2)C(C)C)c1. The Hall–Kier alpha value is -3.82. The summed E-state index contributed by atoms with van der Waals surface area (Å²) in [7, 11) is 3.00. The minimum atomic E-state index is -0.720. The molecule has 1 aliphatic rings. The minimum Gasteiger partial charge on any atom is -0.497 e. The third-order valence-corrected chi connectivity index (χ3v) is 5.84. The summed E-state index contributed by atoms with van der Waals surface area (Å²) >= 11 is 0. The van der Waals surface area contributed by atoms with E-state index < -0.39 is 16.9 Å². The topological polar surface area (TPSA) is 114 Å². The summed E-state index contributed by atoms with van der Waals surface area (Å²) in [5.74, 6) is 0.228. The van der Waals surface area contributed by atoms with E-state index in [4.69, 9.17) is 9.47 Å². The number of nitro groups is 1. The van der Waals surface area contributed by atoms with Crippen molar-refractivity contribution < 1.29 is 24.0 Å². The fraction of sp³-hybridized carbons (Fsp3) is 0.417. The van der Waals surface area contributed by atoms with Crippen LogP contribution in [0.2, 0.25) is 0 Å². The highest BCUT2D eigenvalue weighted by molar-refractivity contribution is 5.98. The van der Waals surface area contributed by atoms with E-state index >= 15 is 0 Å². The first-order valence-corrected chi connectivity index (χ1v) is 11.1. The van der Waals surface area contributed by atoms with Crippen molar-refractivity contribution in [1.29, 1.82) is 0 Å². The number of nitrogens with zero attached hydrogens (tertiary/aromatic N) is 3. The van der Waals surface area contributed by atoms with Gasteiger partial charge in [-0.2, -0.15) is 0 Å². The van der Waals surface area contributed by atoms with Crippen LogP contribution < -0.4 is 19.7 Å². The van der Waals surface area contributed by atoms with E-state index in [-0.39, 0.29) is 17.5 Å². The molecule has 0 saturated carbocycles. The largest absolute Gasteiger partial charge is 0.497 e. The molecule has 10 nitrogen and oxygen atoms in total. The average molecular weight is 471 g/mol. The molecule has 0 bridgehead atoms. The number of piperazine rings is 1. The monoisotopic (exact) mass is 470 g/mol. The number of carbonyl (C=O) groups is 2. The molecule has 0 aromatic heterocycles. The molecule has 1 atom stereocenters. The molecule has 1 aliphatic heterocycles. The summed E-state index contributed by atoms with van der Waals surface area (Å²) in [5, 5.41) is 14.2. The first kappa shape index (κ1) is 24.8. The van der Waals surface area contributed by atoms with E-state index in [2.05, 4.69) is 5.32 Å². The van der Waals surface area contributed by atoms with E-state index in [1.54, 1.807) is 41.3 Å². The van der Waals surface area contributed by atoms with Crippen LogP contribution in [0.15, 0.2) is 42.5 Å². The Labute approximate surface area is 198 Å². The molecule has 0 radical (unpaired) electrons. The van der Waals surface area contributed by atoms with Crippen molar-refractivity contribution in [3.8, 4) is 11.5 Å². The fourth-order valence-corrected chi connectivity index (χ4v) is 3.93. The highest BCUT2D eigenvalue weighted by Crippen LogP contribution is 2.28. The van der Waals surface area contributed by atoms with Gasteiger partial charge in [-0.3, -0.25) is 19.7 Å². The van der Waals surface area contributed by atoms with Gasteiger partial charge in [-0.25, -0.2) is 0 Å². The number of ether oxygens (including phenoxy) is 2. The Morgan fingerprint density at radius 3 is 2.12 bits per heavy atom. The van der Waals surface area contributed by atoms with Gasteiger partial charge in [0, 0.05) is 43.9 Å². The van der Waals surface area contributed by atoms with Gasteiger partial charge in [-0.15, -0.1) is 0 Å². The summed E-state index contributed by atoms with van der Waals surface area (Å²) < 4.78 is 10.5. The lowest BCUT2D eigenvalue weighted by molar-refractivity contribution is -0.384. The summed E-state index contributed by atoms with van der Waals surface area (Å²) in [6.45, 7) is 5.47. The lowest BCUT2D eigenvalue weighted by atomic mass is 10.0. The van der Waals surface area contributed by atoms with Crippen LogP contribution in [-0.4, -0.2) is 68.1 Å². The Morgan fingerprint density at radius 2 is 1.59 bits per heavy atom. The number of nitro benzene ring substituents is 1. The minimum absolute atomic E-state index is 0.0447. The zero-order valence-corrected chi connectivity index (χ0v) is 19.8. The summed E-state index contributed by atoms with van der Waals surface area (Å²) in [6.07, 6.45) is 0. The molecule has 34 heavy (non-hydrogen) atoms. The number of benzene rings is 2. The van der Waals surface area contributed by atoms with Gasteiger partial charge >= 0.3 is 0 Å². The highest BCUT2D eigenvalue weighted by Gasteiger charge is 2.32. The van der Waals surface area contributed by atoms with Gasteiger partial charge in [-0.1, -0.05) is 26.0 Å². The second kappa shape index (κ2) is 10.9. The molecule has 1 heterocycles. The van der Waals surface area contributed by atoms with Crippen LogP contribution in [0.4, 0.5) is 11.4 Å². The first-order valence-electron chi connectivity index (χ1n) is 11.1. The maximum atomic E-state index is 13.3. The number of nitrogens with one attached hydrogen (secondary N) is 1. The lowest BCUT2D eigenvalue weighted by Gasteiger charge is -2.38. The smallest absolute Gasteiger partial charge is 0.292 e. The van der Waals surface area contributed by atoms with E-state index in [1.807, 2.05) is 18.7 Å². The number of hydrogen-bond donors (Lipinski definition) is 1. The number of anilines is 1. The molecule has 3 rings (SSSR count). The van der Waals surface area contributed by atoms with Gasteiger partial charge in [0.1, 0.15) is 23.2 Å². The van der Waals surface area contributed by atoms with Crippen molar-refractivity contribution in [2.75, 3.05) is 45.3 Å². The van der Waals surface area contributed by atoms with Gasteiger partial charge in [0.05, 0.1) is 19.1 Å². The third kappa shape index (κ3) is 5.56. The maximum Gasteiger partial charge on any atom is 0.292 e. The predicted octanol–water partition coefficient (Wildman–Crippen LogP) is 2.72. The van der Waals surface area contributed by atoms with Crippen molar-refractivity contribution in [3.63, 3.8) is 0 Å². The van der Waals surface area contributed by atoms with Crippen molar-refractivity contribution in [1.82, 2.24) is 10.2 Å². The molecule has 1 saturated heterocycles. The van der Waals surface area contributed by atoms with Crippen molar-refractivity contribution >= 4 is 23.2 Å². The van der Waals surface area contributed by atoms with E-state index in [1.165, 1.54) is 20.3 Å². The quantitative estimate of drug-likeness (QED) is 0.466. The molecule has 2 aromatic rings. The molecule has 1 unspecified atom stereocenters. The van der Waals surface area contributed by atoms with E-state index in [0.717, 1.165) is 0 Å². The molecule has 0 spiro atoms. The molecule has 1 N–H and O–H groups in total. The lowest BCUT2D eigenvalue weighted by Crippen LogP contribution is -2.56. The Morgan fingerprint density at radius 1 is 1.00 bits per heavy atom. The zero-order valence-electron chi connectivity index (χ0n) is 19.8. The van der Waals surface area contributed by atoms with Crippen molar-refractivity contribution in [2.24, 2.45) is 5.92 Å². The van der Waals surface area contributed by atoms with Crippen LogP contribution in [0, 0.1) is 16.0 Å². The van der Waals surface area contributed by atoms with Crippen LogP contribution >= 0.6 is 0 Å². The van der Waals surface area contributed by atoms with Gasteiger partial charge in [-0.05, 0) is 24.1 Å². The Balaban J connectivity index is 1.69. The number of rotatable bonds is 8. The molecule has 10 heteroatoms. The second-order valence-corrected chi connectivity index (χ2v) is 8.35. The molecule has 0 aliphatic carbocycles. The summed E-state index contributed by atoms with van der Waals surface area (Å²) in [6, 6.07) is 10.7. The number of hydrogen-bond acceptors (Lipinski definition) is 7.